The Kier molecular flexibility index (Phi) is 4.97. The van der Waals surface area contributed by atoms with Crippen molar-refractivity contribution in [2.75, 3.05) is 18.6 Å². The molecule has 10 heteroatoms. The number of rotatable bonds is 5. The van der Waals surface area contributed by atoms with E-state index in [-0.39, 0.29) is 12.2 Å². The molecule has 2 aromatic heterocycles. The van der Waals surface area contributed by atoms with Crippen LogP contribution in [-0.2, 0) is 10.5 Å². The first-order chi connectivity index (χ1) is 12.3. The van der Waals surface area contributed by atoms with E-state index >= 15 is 0 Å². The van der Waals surface area contributed by atoms with Crippen molar-refractivity contribution in [3.05, 3.63) is 24.3 Å². The standard InChI is InChI=1S/C16H23N5O4S/c1-9(2)4-5-15(16(24,26-3)12(23)10(6-22)25-15)21-8-20-11-13(17)18-7-19-14(11)21/h4,7-8,10,12,22-24H,5-6H2,1-3H3,(H2,17,18,19)/t10-,12-,15-,16+/m1/s1. The number of aliphatic hydroxyl groups excluding tert-OH is 2. The first-order valence-electron chi connectivity index (χ1n) is 8.12. The van der Waals surface area contributed by atoms with Gasteiger partial charge in [-0.25, -0.2) is 15.0 Å². The van der Waals surface area contributed by atoms with Crippen molar-refractivity contribution in [3.8, 4) is 0 Å². The third-order valence-corrected chi connectivity index (χ3v) is 5.87. The van der Waals surface area contributed by atoms with E-state index in [2.05, 4.69) is 15.0 Å². The zero-order valence-corrected chi connectivity index (χ0v) is 15.6. The van der Waals surface area contributed by atoms with Gasteiger partial charge in [-0.3, -0.25) is 4.57 Å². The number of nitrogens with two attached hydrogens (primary N) is 1. The number of anilines is 1. The van der Waals surface area contributed by atoms with E-state index in [0.717, 1.165) is 17.3 Å². The lowest BCUT2D eigenvalue weighted by atomic mass is 9.97. The first-order valence-corrected chi connectivity index (χ1v) is 9.35. The third-order valence-electron chi connectivity index (χ3n) is 4.69. The largest absolute Gasteiger partial charge is 0.394 e. The van der Waals surface area contributed by atoms with Gasteiger partial charge in [0.15, 0.2) is 22.1 Å². The summed E-state index contributed by atoms with van der Waals surface area (Å²) in [4.78, 5) is 10.7. The summed E-state index contributed by atoms with van der Waals surface area (Å²) in [7, 11) is 0. The molecule has 26 heavy (non-hydrogen) atoms. The number of aromatic nitrogens is 4. The number of aliphatic hydroxyl groups is 3. The molecule has 0 radical (unpaired) electrons. The summed E-state index contributed by atoms with van der Waals surface area (Å²) in [5.41, 5.74) is 6.20. The molecule has 0 aliphatic carbocycles. The minimum atomic E-state index is -1.75. The zero-order chi connectivity index (χ0) is 19.1. The van der Waals surface area contributed by atoms with Crippen LogP contribution in [0.4, 0.5) is 5.82 Å². The molecule has 0 bridgehead atoms. The van der Waals surface area contributed by atoms with Gasteiger partial charge in [0.05, 0.1) is 12.9 Å². The summed E-state index contributed by atoms with van der Waals surface area (Å²) >= 11 is 1.05. The minimum absolute atomic E-state index is 0.205. The highest BCUT2D eigenvalue weighted by Gasteiger charge is 2.66. The van der Waals surface area contributed by atoms with Gasteiger partial charge in [0, 0.05) is 6.42 Å². The topological polar surface area (TPSA) is 140 Å². The fourth-order valence-electron chi connectivity index (χ4n) is 3.28. The molecule has 3 rings (SSSR count). The molecule has 9 nitrogen and oxygen atoms in total. The molecular weight excluding hydrogens is 358 g/mol. The Morgan fingerprint density at radius 1 is 1.42 bits per heavy atom. The van der Waals surface area contributed by atoms with Crippen molar-refractivity contribution in [2.24, 2.45) is 0 Å². The number of hydrogen-bond acceptors (Lipinski definition) is 9. The lowest BCUT2D eigenvalue weighted by Gasteiger charge is -2.41. The summed E-state index contributed by atoms with van der Waals surface area (Å²) < 4.78 is 7.63. The predicted octanol–water partition coefficient (Wildman–Crippen LogP) is 0.221. The Hall–Kier alpha value is -1.72. The number of nitrogens with zero attached hydrogens (tertiary/aromatic N) is 4. The van der Waals surface area contributed by atoms with E-state index < -0.39 is 29.5 Å². The van der Waals surface area contributed by atoms with Crippen LogP contribution in [0.2, 0.25) is 0 Å². The van der Waals surface area contributed by atoms with Crippen LogP contribution >= 0.6 is 11.8 Å². The maximum Gasteiger partial charge on any atom is 0.192 e. The van der Waals surface area contributed by atoms with Gasteiger partial charge in [-0.15, -0.1) is 11.8 Å². The quantitative estimate of drug-likeness (QED) is 0.423. The molecule has 1 aliphatic heterocycles. The lowest BCUT2D eigenvalue weighted by molar-refractivity contribution is -0.155. The number of thioether (sulfide) groups is 1. The summed E-state index contributed by atoms with van der Waals surface area (Å²) in [5, 5.41) is 31.7. The highest BCUT2D eigenvalue weighted by molar-refractivity contribution is 7.99. The van der Waals surface area contributed by atoms with Gasteiger partial charge in [0.1, 0.15) is 24.1 Å². The Morgan fingerprint density at radius 2 is 2.15 bits per heavy atom. The van der Waals surface area contributed by atoms with Gasteiger partial charge in [0.2, 0.25) is 0 Å². The maximum atomic E-state index is 11.4. The molecule has 1 aliphatic rings. The van der Waals surface area contributed by atoms with Gasteiger partial charge in [-0.1, -0.05) is 11.6 Å². The molecular formula is C16H23N5O4S. The molecule has 142 valence electrons. The van der Waals surface area contributed by atoms with Crippen LogP contribution in [0.1, 0.15) is 20.3 Å². The summed E-state index contributed by atoms with van der Waals surface area (Å²) in [6.07, 6.45) is 4.28. The molecule has 1 fully saturated rings. The molecule has 5 N–H and O–H groups in total. The fraction of sp³-hybridized carbons (Fsp3) is 0.562. The van der Waals surface area contributed by atoms with Gasteiger partial charge in [-0.2, -0.15) is 0 Å². The van der Waals surface area contributed by atoms with Gasteiger partial charge >= 0.3 is 0 Å². The number of ether oxygens (including phenoxy) is 1. The molecule has 0 amide bonds. The number of hydrogen-bond donors (Lipinski definition) is 4. The van der Waals surface area contributed by atoms with Crippen LogP contribution in [0.5, 0.6) is 0 Å². The second kappa shape index (κ2) is 6.78. The van der Waals surface area contributed by atoms with Crippen molar-refractivity contribution in [1.82, 2.24) is 19.5 Å². The lowest BCUT2D eigenvalue weighted by Crippen LogP contribution is -2.55. The van der Waals surface area contributed by atoms with Crippen molar-refractivity contribution < 1.29 is 20.1 Å². The highest BCUT2D eigenvalue weighted by Crippen LogP contribution is 2.52. The summed E-state index contributed by atoms with van der Waals surface area (Å²) in [6, 6.07) is 0. The van der Waals surface area contributed by atoms with Crippen LogP contribution in [0.25, 0.3) is 11.2 Å². The van der Waals surface area contributed by atoms with Crippen molar-refractivity contribution in [2.45, 2.75) is 43.1 Å². The predicted molar refractivity (Wildman–Crippen MR) is 98.2 cm³/mol. The van der Waals surface area contributed by atoms with Gasteiger partial charge in [0.25, 0.3) is 0 Å². The Labute approximate surface area is 154 Å². The van der Waals surface area contributed by atoms with E-state index in [9.17, 15) is 15.3 Å². The summed E-state index contributed by atoms with van der Waals surface area (Å²) in [6.45, 7) is 3.41. The second-order valence-electron chi connectivity index (χ2n) is 6.50. The fourth-order valence-corrected chi connectivity index (χ4v) is 4.22. The normalized spacial score (nSPS) is 31.5. The number of fused-ring (bicyclic) bond motifs is 1. The van der Waals surface area contributed by atoms with Crippen LogP contribution in [-0.4, -0.2) is 64.8 Å². The van der Waals surface area contributed by atoms with Crippen molar-refractivity contribution in [3.63, 3.8) is 0 Å². The van der Waals surface area contributed by atoms with Gasteiger partial charge in [-0.05, 0) is 20.1 Å². The molecule has 4 atom stereocenters. The Bertz CT molecular complexity index is 839. The zero-order valence-electron chi connectivity index (χ0n) is 14.8. The van der Waals surface area contributed by atoms with E-state index in [0.29, 0.717) is 11.2 Å². The van der Waals surface area contributed by atoms with Crippen LogP contribution < -0.4 is 5.73 Å². The van der Waals surface area contributed by atoms with E-state index in [1.165, 1.54) is 12.7 Å². The van der Waals surface area contributed by atoms with Crippen LogP contribution in [0, 0.1) is 0 Å². The first kappa shape index (κ1) is 19.1. The minimum Gasteiger partial charge on any atom is -0.394 e. The molecule has 2 aromatic rings. The monoisotopic (exact) mass is 381 g/mol. The Balaban J connectivity index is 2.28. The molecule has 0 spiro atoms. The van der Waals surface area contributed by atoms with Crippen molar-refractivity contribution >= 4 is 28.7 Å². The van der Waals surface area contributed by atoms with E-state index in [4.69, 9.17) is 10.5 Å². The van der Waals surface area contributed by atoms with Crippen LogP contribution in [0.3, 0.4) is 0 Å². The number of nitrogen functional groups attached to an aromatic ring is 1. The average Bonchev–Trinajstić information content (AvgIpc) is 3.14. The molecule has 0 unspecified atom stereocenters. The number of allylic oxidation sites excluding steroid dienone is 1. The van der Waals surface area contributed by atoms with Crippen molar-refractivity contribution in [1.29, 1.82) is 0 Å². The van der Waals surface area contributed by atoms with E-state index in [1.807, 2.05) is 19.9 Å². The Morgan fingerprint density at radius 3 is 2.77 bits per heavy atom. The maximum absolute atomic E-state index is 11.4. The molecule has 1 saturated heterocycles. The SMILES string of the molecule is CS[C@@]1(O)[C@H](O)[C@@H](CO)O[C@@]1(CC=C(C)C)n1cnc2c(N)ncnc21. The van der Waals surface area contributed by atoms with Crippen LogP contribution in [0.15, 0.2) is 24.3 Å². The highest BCUT2D eigenvalue weighted by atomic mass is 32.2. The van der Waals surface area contributed by atoms with Gasteiger partial charge < -0.3 is 25.8 Å². The third kappa shape index (κ3) is 2.60. The average molecular weight is 381 g/mol. The molecule has 0 aromatic carbocycles. The number of imidazole rings is 1. The van der Waals surface area contributed by atoms with E-state index in [1.54, 1.807) is 10.8 Å². The second-order valence-corrected chi connectivity index (χ2v) is 7.53. The smallest absolute Gasteiger partial charge is 0.192 e. The molecule has 3 heterocycles. The molecule has 0 saturated carbocycles. The summed E-state index contributed by atoms with van der Waals surface area (Å²) in [5.74, 6) is 0.205.